The van der Waals surface area contributed by atoms with Gasteiger partial charge in [0, 0.05) is 12.3 Å². The molecule has 0 aliphatic carbocycles. The third-order valence-electron chi connectivity index (χ3n) is 4.12. The van der Waals surface area contributed by atoms with E-state index in [0.717, 1.165) is 11.8 Å². The molecular formula is C18H23NO5S2. The fraction of sp³-hybridized carbons (Fsp3) is 0.333. The van der Waals surface area contributed by atoms with Crippen LogP contribution in [0.15, 0.2) is 46.2 Å². The minimum absolute atomic E-state index is 0.190. The second-order valence-corrected chi connectivity index (χ2v) is 9.97. The largest absolute Gasteiger partial charge is 0.496 e. The summed E-state index contributed by atoms with van der Waals surface area (Å²) in [4.78, 5) is 0.383. The van der Waals surface area contributed by atoms with E-state index in [1.54, 1.807) is 45.0 Å². The molecule has 142 valence electrons. The van der Waals surface area contributed by atoms with Crippen LogP contribution in [0.2, 0.25) is 0 Å². The summed E-state index contributed by atoms with van der Waals surface area (Å²) in [5.41, 5.74) is 1.98. The molecule has 0 radical (unpaired) electrons. The Balaban J connectivity index is 2.30. The van der Waals surface area contributed by atoms with Crippen molar-refractivity contribution in [3.05, 3.63) is 53.1 Å². The lowest BCUT2D eigenvalue weighted by Gasteiger charge is -2.17. The number of aryl methyl sites for hydroxylation is 2. The van der Waals surface area contributed by atoms with Crippen LogP contribution in [-0.2, 0) is 19.9 Å². The van der Waals surface area contributed by atoms with Crippen LogP contribution < -0.4 is 9.46 Å². The molecule has 2 aromatic rings. The zero-order valence-corrected chi connectivity index (χ0v) is 17.0. The van der Waals surface area contributed by atoms with E-state index < -0.39 is 25.9 Å². The lowest BCUT2D eigenvalue weighted by atomic mass is 10.1. The lowest BCUT2D eigenvalue weighted by molar-refractivity contribution is 0.411. The molecule has 0 bridgehead atoms. The van der Waals surface area contributed by atoms with E-state index in [9.17, 15) is 16.8 Å². The van der Waals surface area contributed by atoms with Gasteiger partial charge in [-0.3, -0.25) is 0 Å². The third kappa shape index (κ3) is 4.44. The molecule has 0 unspecified atom stereocenters. The van der Waals surface area contributed by atoms with Gasteiger partial charge in [0.15, 0.2) is 9.84 Å². The molecule has 2 rings (SSSR count). The maximum atomic E-state index is 12.8. The van der Waals surface area contributed by atoms with E-state index in [1.807, 2.05) is 0 Å². The van der Waals surface area contributed by atoms with Crippen LogP contribution in [0.25, 0.3) is 0 Å². The maximum absolute atomic E-state index is 12.8. The number of sulfone groups is 1. The van der Waals surface area contributed by atoms with Gasteiger partial charge in [0.25, 0.3) is 0 Å². The summed E-state index contributed by atoms with van der Waals surface area (Å²) in [6, 6.07) is 8.91. The van der Waals surface area contributed by atoms with Crippen molar-refractivity contribution in [3.8, 4) is 5.75 Å². The molecule has 0 aliphatic rings. The van der Waals surface area contributed by atoms with Gasteiger partial charge in [-0.2, -0.15) is 0 Å². The van der Waals surface area contributed by atoms with E-state index in [4.69, 9.17) is 4.74 Å². The Hall–Kier alpha value is -1.90. The van der Waals surface area contributed by atoms with Gasteiger partial charge in [-0.15, -0.1) is 0 Å². The molecule has 2 aromatic carbocycles. The average molecular weight is 398 g/mol. The minimum Gasteiger partial charge on any atom is -0.496 e. The van der Waals surface area contributed by atoms with Crippen LogP contribution in [0, 0.1) is 13.8 Å². The first-order valence-electron chi connectivity index (χ1n) is 7.93. The highest BCUT2D eigenvalue weighted by atomic mass is 32.2. The number of hydrogen-bond acceptors (Lipinski definition) is 5. The molecule has 26 heavy (non-hydrogen) atoms. The Bertz CT molecular complexity index is 1010. The molecule has 6 nitrogen and oxygen atoms in total. The van der Waals surface area contributed by atoms with Crippen LogP contribution in [0.1, 0.15) is 29.7 Å². The summed E-state index contributed by atoms with van der Waals surface area (Å²) < 4.78 is 56.4. The second kappa shape index (κ2) is 7.38. The SMILES string of the molecule is COc1cc(C)c(S(=O)(=O)N[C@H](C)c2ccc(S(C)(=O)=O)cc2)cc1C. The standard InChI is InChI=1S/C18H23NO5S2/c1-12-11-18(13(2)10-17(12)24-4)26(22,23)19-14(3)15-6-8-16(9-7-15)25(5,20)21/h6-11,14,19H,1-5H3/t14-/m1/s1. The molecule has 0 aromatic heterocycles. The molecule has 1 N–H and O–H groups in total. The van der Waals surface area contributed by atoms with Gasteiger partial charge in [-0.05, 0) is 61.7 Å². The van der Waals surface area contributed by atoms with Crippen molar-refractivity contribution in [2.45, 2.75) is 36.6 Å². The highest BCUT2D eigenvalue weighted by Crippen LogP contribution is 2.27. The topological polar surface area (TPSA) is 89.5 Å². The summed E-state index contributed by atoms with van der Waals surface area (Å²) in [6.45, 7) is 5.20. The normalized spacial score (nSPS) is 13.4. The predicted octanol–water partition coefficient (Wildman–Crippen LogP) is 2.76. The summed E-state index contributed by atoms with van der Waals surface area (Å²) in [5, 5.41) is 0. The number of benzene rings is 2. The lowest BCUT2D eigenvalue weighted by Crippen LogP contribution is -2.27. The summed E-state index contributed by atoms with van der Waals surface area (Å²) in [7, 11) is -5.50. The number of nitrogens with one attached hydrogen (secondary N) is 1. The first-order valence-corrected chi connectivity index (χ1v) is 11.3. The number of ether oxygens (including phenoxy) is 1. The maximum Gasteiger partial charge on any atom is 0.241 e. The Morgan fingerprint density at radius 2 is 1.54 bits per heavy atom. The Morgan fingerprint density at radius 1 is 0.962 bits per heavy atom. The smallest absolute Gasteiger partial charge is 0.241 e. The zero-order valence-electron chi connectivity index (χ0n) is 15.4. The van der Waals surface area contributed by atoms with Crippen molar-refractivity contribution in [1.82, 2.24) is 4.72 Å². The first kappa shape index (κ1) is 20.4. The predicted molar refractivity (Wildman–Crippen MR) is 101 cm³/mol. The second-order valence-electron chi connectivity index (χ2n) is 6.27. The van der Waals surface area contributed by atoms with Crippen molar-refractivity contribution in [2.75, 3.05) is 13.4 Å². The zero-order chi connectivity index (χ0) is 19.7. The van der Waals surface area contributed by atoms with E-state index in [0.29, 0.717) is 16.9 Å². The highest BCUT2D eigenvalue weighted by Gasteiger charge is 2.22. The summed E-state index contributed by atoms with van der Waals surface area (Å²) in [6.07, 6.45) is 1.13. The highest BCUT2D eigenvalue weighted by molar-refractivity contribution is 7.90. The molecule has 0 spiro atoms. The summed E-state index contributed by atoms with van der Waals surface area (Å²) in [5.74, 6) is 0.630. The van der Waals surface area contributed by atoms with E-state index in [1.165, 1.54) is 19.2 Å². The molecule has 0 saturated carbocycles. The van der Waals surface area contributed by atoms with Gasteiger partial charge in [-0.25, -0.2) is 21.6 Å². The Labute approximate surface area is 155 Å². The van der Waals surface area contributed by atoms with Gasteiger partial charge in [0.1, 0.15) is 5.75 Å². The summed E-state index contributed by atoms with van der Waals surface area (Å²) >= 11 is 0. The molecule has 0 amide bonds. The van der Waals surface area contributed by atoms with E-state index in [-0.39, 0.29) is 9.79 Å². The molecule has 8 heteroatoms. The van der Waals surface area contributed by atoms with Crippen LogP contribution in [0.5, 0.6) is 5.75 Å². The molecule has 1 atom stereocenters. The Kier molecular flexibility index (Phi) is 5.79. The van der Waals surface area contributed by atoms with Gasteiger partial charge < -0.3 is 4.74 Å². The van der Waals surface area contributed by atoms with Crippen molar-refractivity contribution < 1.29 is 21.6 Å². The van der Waals surface area contributed by atoms with Crippen LogP contribution >= 0.6 is 0 Å². The first-order chi connectivity index (χ1) is 12.0. The number of methoxy groups -OCH3 is 1. The fourth-order valence-electron chi connectivity index (χ4n) is 2.64. The van der Waals surface area contributed by atoms with E-state index in [2.05, 4.69) is 4.72 Å². The van der Waals surface area contributed by atoms with Crippen LogP contribution in [0.3, 0.4) is 0 Å². The quantitative estimate of drug-likeness (QED) is 0.809. The monoisotopic (exact) mass is 397 g/mol. The van der Waals surface area contributed by atoms with Gasteiger partial charge in [0.2, 0.25) is 10.0 Å². The number of rotatable bonds is 6. The van der Waals surface area contributed by atoms with Crippen LogP contribution in [-0.4, -0.2) is 30.2 Å². The fourth-order valence-corrected chi connectivity index (χ4v) is 4.81. The third-order valence-corrected chi connectivity index (χ3v) is 6.93. The number of sulfonamides is 1. The van der Waals surface area contributed by atoms with Gasteiger partial charge in [-0.1, -0.05) is 12.1 Å². The number of hydrogen-bond donors (Lipinski definition) is 1. The van der Waals surface area contributed by atoms with Crippen molar-refractivity contribution in [1.29, 1.82) is 0 Å². The Morgan fingerprint density at radius 3 is 2.04 bits per heavy atom. The molecular weight excluding hydrogens is 374 g/mol. The minimum atomic E-state index is -3.75. The van der Waals surface area contributed by atoms with Crippen molar-refractivity contribution >= 4 is 19.9 Å². The van der Waals surface area contributed by atoms with Crippen molar-refractivity contribution in [3.63, 3.8) is 0 Å². The molecule has 0 heterocycles. The molecule has 0 aliphatic heterocycles. The van der Waals surface area contributed by atoms with Gasteiger partial charge >= 0.3 is 0 Å². The average Bonchev–Trinajstić information content (AvgIpc) is 2.55. The molecule has 0 fully saturated rings. The van der Waals surface area contributed by atoms with Crippen molar-refractivity contribution in [2.24, 2.45) is 0 Å². The van der Waals surface area contributed by atoms with E-state index >= 15 is 0 Å². The van der Waals surface area contributed by atoms with Gasteiger partial charge in [0.05, 0.1) is 16.9 Å². The molecule has 0 saturated heterocycles. The van der Waals surface area contributed by atoms with Crippen LogP contribution in [0.4, 0.5) is 0 Å².